The minimum Gasteiger partial charge on any atom is -0.497 e. The predicted molar refractivity (Wildman–Crippen MR) is 117 cm³/mol. The highest BCUT2D eigenvalue weighted by molar-refractivity contribution is 5.92. The molecule has 1 aromatic heterocycles. The van der Waals surface area contributed by atoms with E-state index in [1.54, 1.807) is 7.11 Å². The van der Waals surface area contributed by atoms with Gasteiger partial charge in [-0.3, -0.25) is 14.6 Å². The lowest BCUT2D eigenvalue weighted by atomic mass is 10.2. The molecular formula is C23H28N4O3. The second-order valence-electron chi connectivity index (χ2n) is 7.76. The number of methoxy groups -OCH3 is 1. The molecule has 1 amide bonds. The van der Waals surface area contributed by atoms with Gasteiger partial charge in [-0.15, -0.1) is 0 Å². The summed E-state index contributed by atoms with van der Waals surface area (Å²) < 4.78 is 11.1. The molecule has 1 N–H and O–H groups in total. The molecule has 1 saturated heterocycles. The van der Waals surface area contributed by atoms with Gasteiger partial charge in [-0.2, -0.15) is 0 Å². The second kappa shape index (κ2) is 9.28. The number of aromatic nitrogens is 1. The highest BCUT2D eigenvalue weighted by atomic mass is 16.5. The van der Waals surface area contributed by atoms with E-state index in [0.29, 0.717) is 13.1 Å². The number of carbonyl (C=O) groups is 1. The molecule has 2 heterocycles. The number of nitrogens with one attached hydrogen (secondary N) is 1. The van der Waals surface area contributed by atoms with Crippen molar-refractivity contribution in [1.82, 2.24) is 14.8 Å². The molecule has 1 aliphatic heterocycles. The largest absolute Gasteiger partial charge is 0.497 e. The average Bonchev–Trinajstić information content (AvgIpc) is 2.99. The van der Waals surface area contributed by atoms with Crippen LogP contribution in [-0.2, 0) is 11.3 Å². The molecule has 1 fully saturated rings. The minimum atomic E-state index is -0.00831. The Morgan fingerprint density at radius 1 is 1.13 bits per heavy atom. The Hall–Kier alpha value is -2.90. The number of oxazole rings is 1. The van der Waals surface area contributed by atoms with Crippen LogP contribution in [0.5, 0.6) is 5.75 Å². The van der Waals surface area contributed by atoms with Crippen LogP contribution in [0.15, 0.2) is 46.9 Å². The van der Waals surface area contributed by atoms with Crippen LogP contribution in [0.2, 0.25) is 0 Å². The summed E-state index contributed by atoms with van der Waals surface area (Å²) in [4.78, 5) is 21.6. The van der Waals surface area contributed by atoms with Gasteiger partial charge in [0, 0.05) is 24.8 Å². The molecule has 0 bridgehead atoms. The maximum atomic E-state index is 12.5. The van der Waals surface area contributed by atoms with Crippen molar-refractivity contribution in [2.75, 3.05) is 45.2 Å². The lowest BCUT2D eigenvalue weighted by molar-refractivity contribution is -0.117. The van der Waals surface area contributed by atoms with E-state index in [2.05, 4.69) is 33.1 Å². The Labute approximate surface area is 176 Å². The molecule has 7 heteroatoms. The van der Waals surface area contributed by atoms with Crippen LogP contribution in [0.4, 0.5) is 5.69 Å². The molecule has 1 aliphatic rings. The number of benzene rings is 2. The summed E-state index contributed by atoms with van der Waals surface area (Å²) in [7, 11) is 1.62. The highest BCUT2D eigenvalue weighted by Crippen LogP contribution is 2.19. The van der Waals surface area contributed by atoms with Crippen molar-refractivity contribution in [2.45, 2.75) is 19.9 Å². The summed E-state index contributed by atoms with van der Waals surface area (Å²) >= 11 is 0. The van der Waals surface area contributed by atoms with Crippen LogP contribution in [-0.4, -0.2) is 60.5 Å². The smallest absolute Gasteiger partial charge is 0.238 e. The topological polar surface area (TPSA) is 70.8 Å². The summed E-state index contributed by atoms with van der Waals surface area (Å²) in [6.07, 6.45) is 1.01. The molecule has 158 valence electrons. The van der Waals surface area contributed by atoms with Gasteiger partial charge in [0.2, 0.25) is 11.8 Å². The van der Waals surface area contributed by atoms with E-state index in [-0.39, 0.29) is 5.91 Å². The van der Waals surface area contributed by atoms with Gasteiger partial charge in [-0.1, -0.05) is 12.1 Å². The third-order valence-corrected chi connectivity index (χ3v) is 5.35. The third kappa shape index (κ3) is 5.17. The van der Waals surface area contributed by atoms with E-state index < -0.39 is 0 Å². The van der Waals surface area contributed by atoms with Crippen molar-refractivity contribution >= 4 is 22.7 Å². The monoisotopic (exact) mass is 408 g/mol. The van der Waals surface area contributed by atoms with Crippen molar-refractivity contribution in [3.05, 3.63) is 53.9 Å². The fourth-order valence-corrected chi connectivity index (χ4v) is 3.78. The number of hydrogen-bond donors (Lipinski definition) is 1. The zero-order valence-electron chi connectivity index (χ0n) is 17.6. The first-order valence-electron chi connectivity index (χ1n) is 10.3. The average molecular weight is 409 g/mol. The standard InChI is InChI=1S/C23H28N4O3/c1-17-7-8-20-21(13-17)30-23(25-20)16-27-10-4-9-26(11-12-27)15-22(28)24-18-5-3-6-19(14-18)29-2/h3,5-8,13-14H,4,9-12,15-16H2,1-2H3,(H,24,28). The number of fused-ring (bicyclic) bond motifs is 1. The molecule has 0 unspecified atom stereocenters. The number of anilines is 1. The number of nitrogens with zero attached hydrogens (tertiary/aromatic N) is 3. The molecule has 4 rings (SSSR count). The van der Waals surface area contributed by atoms with Gasteiger partial charge in [0.05, 0.1) is 20.2 Å². The molecule has 3 aromatic rings. The number of rotatable bonds is 6. The molecule has 0 radical (unpaired) electrons. The zero-order chi connectivity index (χ0) is 20.9. The molecule has 7 nitrogen and oxygen atoms in total. The van der Waals surface area contributed by atoms with Crippen molar-refractivity contribution in [2.24, 2.45) is 0 Å². The molecule has 30 heavy (non-hydrogen) atoms. The predicted octanol–water partition coefficient (Wildman–Crippen LogP) is 3.29. The van der Waals surface area contributed by atoms with Gasteiger partial charge in [0.1, 0.15) is 11.3 Å². The van der Waals surface area contributed by atoms with E-state index in [1.807, 2.05) is 36.4 Å². The van der Waals surface area contributed by atoms with Gasteiger partial charge >= 0.3 is 0 Å². The highest BCUT2D eigenvalue weighted by Gasteiger charge is 2.19. The van der Waals surface area contributed by atoms with Crippen molar-refractivity contribution in [3.63, 3.8) is 0 Å². The maximum Gasteiger partial charge on any atom is 0.238 e. The molecule has 0 spiro atoms. The molecular weight excluding hydrogens is 380 g/mol. The van der Waals surface area contributed by atoms with Gasteiger partial charge < -0.3 is 14.5 Å². The van der Waals surface area contributed by atoms with Gasteiger partial charge in [-0.25, -0.2) is 4.98 Å². The quantitative estimate of drug-likeness (QED) is 0.675. The number of amides is 1. The molecule has 0 atom stereocenters. The Morgan fingerprint density at radius 2 is 1.97 bits per heavy atom. The van der Waals surface area contributed by atoms with E-state index in [1.165, 1.54) is 5.56 Å². The maximum absolute atomic E-state index is 12.5. The van der Waals surface area contributed by atoms with Gasteiger partial charge in [0.25, 0.3) is 0 Å². The van der Waals surface area contributed by atoms with Crippen molar-refractivity contribution in [3.8, 4) is 5.75 Å². The molecule has 0 aliphatic carbocycles. The van der Waals surface area contributed by atoms with Crippen LogP contribution in [0.25, 0.3) is 11.1 Å². The fraction of sp³-hybridized carbons (Fsp3) is 0.391. The first kappa shape index (κ1) is 20.4. The van der Waals surface area contributed by atoms with Crippen LogP contribution in [0, 0.1) is 6.92 Å². The molecule has 0 saturated carbocycles. The first-order valence-corrected chi connectivity index (χ1v) is 10.3. The van der Waals surface area contributed by atoms with Gasteiger partial charge in [-0.05, 0) is 56.3 Å². The van der Waals surface area contributed by atoms with Crippen LogP contribution >= 0.6 is 0 Å². The Balaban J connectivity index is 1.29. The summed E-state index contributed by atoms with van der Waals surface area (Å²) in [5, 5.41) is 2.96. The van der Waals surface area contributed by atoms with E-state index in [0.717, 1.165) is 61.0 Å². The SMILES string of the molecule is COc1cccc(NC(=O)CN2CCCN(Cc3nc4ccc(C)cc4o3)CC2)c1. The Kier molecular flexibility index (Phi) is 6.30. The normalized spacial score (nSPS) is 15.8. The summed E-state index contributed by atoms with van der Waals surface area (Å²) in [6, 6.07) is 13.5. The van der Waals surface area contributed by atoms with Gasteiger partial charge in [0.15, 0.2) is 5.58 Å². The van der Waals surface area contributed by atoms with Crippen molar-refractivity contribution in [1.29, 1.82) is 0 Å². The lowest BCUT2D eigenvalue weighted by Crippen LogP contribution is -2.36. The third-order valence-electron chi connectivity index (χ3n) is 5.35. The van der Waals surface area contributed by atoms with Crippen LogP contribution in [0.3, 0.4) is 0 Å². The van der Waals surface area contributed by atoms with Crippen LogP contribution < -0.4 is 10.1 Å². The Bertz CT molecular complexity index is 1020. The molecule has 2 aromatic carbocycles. The lowest BCUT2D eigenvalue weighted by Gasteiger charge is -2.20. The number of carbonyl (C=O) groups excluding carboxylic acids is 1. The summed E-state index contributed by atoms with van der Waals surface area (Å²) in [5.41, 5.74) is 3.67. The van der Waals surface area contributed by atoms with E-state index in [9.17, 15) is 4.79 Å². The number of aryl methyl sites for hydroxylation is 1. The van der Waals surface area contributed by atoms with Crippen LogP contribution in [0.1, 0.15) is 17.9 Å². The zero-order valence-corrected chi connectivity index (χ0v) is 17.6. The Morgan fingerprint density at radius 3 is 2.83 bits per heavy atom. The fourth-order valence-electron chi connectivity index (χ4n) is 3.78. The number of hydrogen-bond acceptors (Lipinski definition) is 6. The van der Waals surface area contributed by atoms with Crippen molar-refractivity contribution < 1.29 is 13.9 Å². The summed E-state index contributed by atoms with van der Waals surface area (Å²) in [6.45, 7) is 6.70. The first-order chi connectivity index (χ1) is 14.6. The minimum absolute atomic E-state index is 0.00831. The van der Waals surface area contributed by atoms with E-state index >= 15 is 0 Å². The number of ether oxygens (including phenoxy) is 1. The second-order valence-corrected chi connectivity index (χ2v) is 7.76. The van der Waals surface area contributed by atoms with E-state index in [4.69, 9.17) is 9.15 Å². The summed E-state index contributed by atoms with van der Waals surface area (Å²) in [5.74, 6) is 1.47.